The highest BCUT2D eigenvalue weighted by Gasteiger charge is 2.18. The predicted octanol–water partition coefficient (Wildman–Crippen LogP) is 1.42. The van der Waals surface area contributed by atoms with E-state index in [1.165, 1.54) is 31.4 Å². The lowest BCUT2D eigenvalue weighted by Crippen LogP contribution is -2.37. The maximum Gasteiger partial charge on any atom is 0.335 e. The molecule has 1 atom stereocenters. The Morgan fingerprint density at radius 2 is 2.26 bits per heavy atom. The van der Waals surface area contributed by atoms with Crippen molar-refractivity contribution in [1.29, 1.82) is 0 Å². The summed E-state index contributed by atoms with van der Waals surface area (Å²) in [6, 6.07) is 3.20. The second-order valence-corrected chi connectivity index (χ2v) is 5.17. The fraction of sp³-hybridized carbons (Fsp3) is 0.571. The van der Waals surface area contributed by atoms with Crippen molar-refractivity contribution in [2.45, 2.75) is 38.3 Å². The second-order valence-electron chi connectivity index (χ2n) is 5.17. The average molecular weight is 264 g/mol. The molecule has 1 aromatic heterocycles. The van der Waals surface area contributed by atoms with Crippen molar-refractivity contribution in [3.63, 3.8) is 0 Å². The molecular weight excluding hydrogens is 244 g/mol. The van der Waals surface area contributed by atoms with Gasteiger partial charge >= 0.3 is 5.97 Å². The van der Waals surface area contributed by atoms with Crippen LogP contribution in [-0.2, 0) is 6.54 Å². The highest BCUT2D eigenvalue weighted by Crippen LogP contribution is 2.18. The first-order valence-electron chi connectivity index (χ1n) is 6.72. The molecule has 0 saturated carbocycles. The number of aromatic carboxylic acids is 1. The van der Waals surface area contributed by atoms with Crippen molar-refractivity contribution < 1.29 is 9.90 Å². The number of aromatic nitrogens is 1. The molecule has 1 aliphatic heterocycles. The Labute approximate surface area is 112 Å². The molecule has 1 aromatic rings. The van der Waals surface area contributed by atoms with Gasteiger partial charge in [0.1, 0.15) is 0 Å². The molecule has 5 nitrogen and oxygen atoms in total. The van der Waals surface area contributed by atoms with E-state index >= 15 is 0 Å². The number of carbonyl (C=O) groups is 1. The van der Waals surface area contributed by atoms with Crippen molar-refractivity contribution in [1.82, 2.24) is 9.47 Å². The first-order chi connectivity index (χ1) is 9.08. The van der Waals surface area contributed by atoms with Crippen LogP contribution in [0.3, 0.4) is 0 Å². The Morgan fingerprint density at radius 3 is 2.89 bits per heavy atom. The third-order valence-corrected chi connectivity index (χ3v) is 3.87. The molecular formula is C14H20N2O3. The number of hydrogen-bond donors (Lipinski definition) is 1. The molecule has 2 heterocycles. The predicted molar refractivity (Wildman–Crippen MR) is 72.5 cm³/mol. The minimum absolute atomic E-state index is 0.0519. The molecule has 19 heavy (non-hydrogen) atoms. The zero-order valence-electron chi connectivity index (χ0n) is 11.2. The maximum atomic E-state index is 11.8. The summed E-state index contributed by atoms with van der Waals surface area (Å²) in [6.07, 6.45) is 6.19. The van der Waals surface area contributed by atoms with Gasteiger partial charge in [-0.1, -0.05) is 6.42 Å². The SMILES string of the molecule is CN1CCCCC1CCn1ccc(C(=O)O)cc1=O. The number of hydrogen-bond acceptors (Lipinski definition) is 3. The van der Waals surface area contributed by atoms with Crippen LogP contribution in [0.25, 0.3) is 0 Å². The largest absolute Gasteiger partial charge is 0.478 e. The summed E-state index contributed by atoms with van der Waals surface area (Å²) in [5, 5.41) is 8.81. The molecule has 5 heteroatoms. The van der Waals surface area contributed by atoms with E-state index in [-0.39, 0.29) is 11.1 Å². The number of aryl methyl sites for hydroxylation is 1. The van der Waals surface area contributed by atoms with Crippen molar-refractivity contribution in [2.75, 3.05) is 13.6 Å². The average Bonchev–Trinajstić information content (AvgIpc) is 2.39. The van der Waals surface area contributed by atoms with Gasteiger partial charge in [0.25, 0.3) is 5.56 Å². The smallest absolute Gasteiger partial charge is 0.335 e. The molecule has 2 rings (SSSR count). The van der Waals surface area contributed by atoms with Crippen molar-refractivity contribution in [3.8, 4) is 0 Å². The van der Waals surface area contributed by atoms with Crippen LogP contribution < -0.4 is 5.56 Å². The standard InChI is InChI=1S/C14H20N2O3/c1-15-7-3-2-4-12(15)6-9-16-8-5-11(14(18)19)10-13(16)17/h5,8,10,12H,2-4,6-7,9H2,1H3,(H,18,19). The van der Waals surface area contributed by atoms with E-state index in [1.807, 2.05) is 0 Å². The summed E-state index contributed by atoms with van der Waals surface area (Å²) in [7, 11) is 2.13. The van der Waals surface area contributed by atoms with Gasteiger partial charge in [-0.05, 0) is 38.9 Å². The van der Waals surface area contributed by atoms with E-state index < -0.39 is 5.97 Å². The summed E-state index contributed by atoms with van der Waals surface area (Å²) in [5.41, 5.74) is -0.186. The second kappa shape index (κ2) is 6.02. The minimum atomic E-state index is -1.06. The third-order valence-electron chi connectivity index (χ3n) is 3.87. The molecule has 0 amide bonds. The van der Waals surface area contributed by atoms with Crippen LogP contribution >= 0.6 is 0 Å². The van der Waals surface area contributed by atoms with Gasteiger partial charge in [-0.25, -0.2) is 4.79 Å². The molecule has 0 aromatic carbocycles. The number of nitrogens with zero attached hydrogens (tertiary/aromatic N) is 2. The molecule has 1 aliphatic rings. The topological polar surface area (TPSA) is 62.5 Å². The summed E-state index contributed by atoms with van der Waals surface area (Å²) < 4.78 is 1.59. The Kier molecular flexibility index (Phi) is 4.37. The minimum Gasteiger partial charge on any atom is -0.478 e. The summed E-state index contributed by atoms with van der Waals surface area (Å²) in [5.74, 6) is -1.06. The van der Waals surface area contributed by atoms with Crippen molar-refractivity contribution in [2.24, 2.45) is 0 Å². The zero-order valence-corrected chi connectivity index (χ0v) is 11.2. The van der Waals surface area contributed by atoms with E-state index in [2.05, 4.69) is 11.9 Å². The monoisotopic (exact) mass is 264 g/mol. The first kappa shape index (κ1) is 13.8. The molecule has 104 valence electrons. The summed E-state index contributed by atoms with van der Waals surface area (Å²) in [4.78, 5) is 24.9. The third kappa shape index (κ3) is 3.44. The van der Waals surface area contributed by atoms with E-state index in [0.717, 1.165) is 13.0 Å². The van der Waals surface area contributed by atoms with Crippen LogP contribution in [0, 0.1) is 0 Å². The molecule has 0 aliphatic carbocycles. The zero-order chi connectivity index (χ0) is 13.8. The maximum absolute atomic E-state index is 11.8. The van der Waals surface area contributed by atoms with Crippen LogP contribution in [0.15, 0.2) is 23.1 Å². The number of piperidine rings is 1. The summed E-state index contributed by atoms with van der Waals surface area (Å²) >= 11 is 0. The molecule has 0 bridgehead atoms. The van der Waals surface area contributed by atoms with Crippen LogP contribution in [0.2, 0.25) is 0 Å². The Balaban J connectivity index is 1.99. The van der Waals surface area contributed by atoms with Gasteiger partial charge in [0.2, 0.25) is 0 Å². The highest BCUT2D eigenvalue weighted by molar-refractivity contribution is 5.87. The van der Waals surface area contributed by atoms with E-state index in [4.69, 9.17) is 5.11 Å². The Morgan fingerprint density at radius 1 is 1.47 bits per heavy atom. The Bertz CT molecular complexity index is 510. The summed E-state index contributed by atoms with van der Waals surface area (Å²) in [6.45, 7) is 1.77. The number of pyridine rings is 1. The Hall–Kier alpha value is -1.62. The number of carboxylic acids is 1. The number of rotatable bonds is 4. The van der Waals surface area contributed by atoms with Crippen LogP contribution in [0.1, 0.15) is 36.0 Å². The normalized spacial score (nSPS) is 20.4. The van der Waals surface area contributed by atoms with Gasteiger partial charge in [-0.2, -0.15) is 0 Å². The lowest BCUT2D eigenvalue weighted by atomic mass is 10.0. The number of carboxylic acid groups (broad SMARTS) is 1. The molecule has 1 saturated heterocycles. The molecule has 1 fully saturated rings. The van der Waals surface area contributed by atoms with Crippen molar-refractivity contribution >= 4 is 5.97 Å². The lowest BCUT2D eigenvalue weighted by Gasteiger charge is -2.32. The van der Waals surface area contributed by atoms with Crippen molar-refractivity contribution in [3.05, 3.63) is 34.2 Å². The molecule has 0 spiro atoms. The van der Waals surface area contributed by atoms with E-state index in [0.29, 0.717) is 12.6 Å². The van der Waals surface area contributed by atoms with Gasteiger partial charge in [0.05, 0.1) is 5.56 Å². The molecule has 1 N–H and O–H groups in total. The first-order valence-corrected chi connectivity index (χ1v) is 6.72. The van der Waals surface area contributed by atoms with Gasteiger partial charge in [-0.15, -0.1) is 0 Å². The van der Waals surface area contributed by atoms with Gasteiger partial charge in [0.15, 0.2) is 0 Å². The highest BCUT2D eigenvalue weighted by atomic mass is 16.4. The fourth-order valence-electron chi connectivity index (χ4n) is 2.62. The van der Waals surface area contributed by atoms with Crippen LogP contribution in [0.5, 0.6) is 0 Å². The van der Waals surface area contributed by atoms with Gasteiger partial charge in [0, 0.05) is 24.8 Å². The van der Waals surface area contributed by atoms with E-state index in [1.54, 1.807) is 10.8 Å². The van der Waals surface area contributed by atoms with Gasteiger partial charge < -0.3 is 14.6 Å². The fourth-order valence-corrected chi connectivity index (χ4v) is 2.62. The molecule has 1 unspecified atom stereocenters. The lowest BCUT2D eigenvalue weighted by molar-refractivity contribution is 0.0696. The molecule has 0 radical (unpaired) electrons. The number of likely N-dealkylation sites (tertiary alicyclic amines) is 1. The van der Waals surface area contributed by atoms with Gasteiger partial charge in [-0.3, -0.25) is 4.79 Å². The van der Waals surface area contributed by atoms with E-state index in [9.17, 15) is 9.59 Å². The quantitative estimate of drug-likeness (QED) is 0.893. The van der Waals surface area contributed by atoms with Crippen LogP contribution in [0.4, 0.5) is 0 Å². The van der Waals surface area contributed by atoms with Crippen LogP contribution in [-0.4, -0.2) is 40.2 Å².